The summed E-state index contributed by atoms with van der Waals surface area (Å²) in [6.45, 7) is 21.7. The molecule has 3 rings (SSSR count). The molecule has 1 aliphatic heterocycles. The second kappa shape index (κ2) is 48.4. The molecule has 113 heavy (non-hydrogen) atoms. The third kappa shape index (κ3) is 32.0. The highest BCUT2D eigenvalue weighted by atomic mass is 16.3. The van der Waals surface area contributed by atoms with Crippen LogP contribution < -0.4 is 80.6 Å². The topological polar surface area (TPSA) is 577 Å². The molecule has 0 spiro atoms. The zero-order valence-electron chi connectivity index (χ0n) is 67.8. The van der Waals surface area contributed by atoms with E-state index in [1.165, 1.54) is 24.3 Å². The molecular formula is C76H126N18O19. The Hall–Kier alpha value is -9.72. The predicted octanol–water partition coefficient (Wildman–Crippen LogP) is -3.78. The summed E-state index contributed by atoms with van der Waals surface area (Å²) in [5, 5.41) is 74.0. The van der Waals surface area contributed by atoms with E-state index in [-0.39, 0.29) is 81.6 Å². The number of primary amides is 1. The van der Waals surface area contributed by atoms with E-state index < -0.39 is 223 Å². The average Bonchev–Trinajstić information content (AvgIpc) is 1.70. The number of rotatable bonds is 49. The Morgan fingerprint density at radius 3 is 1.25 bits per heavy atom. The molecule has 17 atom stereocenters. The Labute approximate surface area is 661 Å². The highest BCUT2D eigenvalue weighted by Crippen LogP contribution is 2.23. The van der Waals surface area contributed by atoms with Crippen LogP contribution in [0.3, 0.4) is 0 Å². The van der Waals surface area contributed by atoms with E-state index in [1.54, 1.807) is 95.2 Å². The van der Waals surface area contributed by atoms with E-state index in [9.17, 15) is 92.3 Å². The normalized spacial score (nSPS) is 17.1. The zero-order valence-corrected chi connectivity index (χ0v) is 67.8. The van der Waals surface area contributed by atoms with Gasteiger partial charge in [0.2, 0.25) is 88.6 Å². The Bertz CT molecular complexity index is 3470. The smallest absolute Gasteiger partial charge is 0.246 e. The Balaban J connectivity index is 1.79. The number of nitrogens with two attached hydrogens (primary N) is 2. The van der Waals surface area contributed by atoms with E-state index >= 15 is 0 Å². The molecule has 0 saturated carbocycles. The predicted molar refractivity (Wildman–Crippen MR) is 415 cm³/mol. The van der Waals surface area contributed by atoms with Gasteiger partial charge in [-0.1, -0.05) is 140 Å². The zero-order chi connectivity index (χ0) is 85.3. The number of benzene rings is 1. The van der Waals surface area contributed by atoms with Crippen molar-refractivity contribution in [3.8, 4) is 0 Å². The molecule has 1 aromatic heterocycles. The molecule has 0 aliphatic carbocycles. The highest BCUT2D eigenvalue weighted by Gasteiger charge is 2.43. The van der Waals surface area contributed by atoms with Crippen molar-refractivity contribution >= 4 is 88.6 Å². The summed E-state index contributed by atoms with van der Waals surface area (Å²) in [6.07, 6.45) is 4.10. The summed E-state index contributed by atoms with van der Waals surface area (Å²) in [4.78, 5) is 216. The van der Waals surface area contributed by atoms with Crippen molar-refractivity contribution in [3.63, 3.8) is 0 Å². The molecule has 1 saturated heterocycles. The molecule has 1 aromatic carbocycles. The lowest BCUT2D eigenvalue weighted by molar-refractivity contribution is -0.143. The van der Waals surface area contributed by atoms with Gasteiger partial charge in [-0.3, -0.25) is 71.9 Å². The van der Waals surface area contributed by atoms with E-state index in [2.05, 4.69) is 79.1 Å². The molecule has 37 heteroatoms. The average molecular weight is 1600 g/mol. The lowest BCUT2D eigenvalue weighted by Gasteiger charge is -2.33. The SMILES string of the molecule is CC[C@H](C)[C@H](NC(=O)[C@@H](NC(=O)[C@H](Cc1cnc[nH]1)NC(=O)[C@H]1CCCN1C(=O)[C@@H](NC(=O)[C@H](CC(C)C)NC(=O)[C@H](CO)NC(=O)[C@H](CC(C)C)NC(=O)[C@@H](N)Cc1ccccc1)[C@@H](C)CC)C(C)C)C(=O)N[C@@H](CO)C(=O)N[C@@H](C)C(=O)N[C@@H](CC(C)C)C(=O)N[C@@H](CO)C(=O)N[C@@H](CO)C(=O)N[C@@H](CC(C)C)C(N)=O. The number of carbonyl (C=O) groups excluding carboxylic acids is 15. The fourth-order valence-corrected chi connectivity index (χ4v) is 12.4. The first-order valence-electron chi connectivity index (χ1n) is 38.9. The van der Waals surface area contributed by atoms with Gasteiger partial charge < -0.3 is 111 Å². The molecule has 15 amide bonds. The van der Waals surface area contributed by atoms with Crippen LogP contribution in [-0.2, 0) is 84.8 Å². The molecule has 634 valence electrons. The van der Waals surface area contributed by atoms with Crippen LogP contribution in [0.25, 0.3) is 0 Å². The number of likely N-dealkylation sites (tertiary alicyclic amines) is 1. The Kier molecular flexibility index (Phi) is 41.7. The molecule has 1 fully saturated rings. The largest absolute Gasteiger partial charge is 0.394 e. The summed E-state index contributed by atoms with van der Waals surface area (Å²) in [5.41, 5.74) is 12.8. The van der Waals surface area contributed by atoms with Crippen LogP contribution in [0.15, 0.2) is 42.9 Å². The van der Waals surface area contributed by atoms with E-state index in [4.69, 9.17) is 11.5 Å². The molecule has 0 unspecified atom stereocenters. The van der Waals surface area contributed by atoms with E-state index in [0.717, 1.165) is 5.56 Å². The number of hydrogen-bond acceptors (Lipinski definition) is 21. The van der Waals surface area contributed by atoms with Crippen molar-refractivity contribution in [2.75, 3.05) is 33.0 Å². The molecule has 2 heterocycles. The Morgan fingerprint density at radius 2 is 0.814 bits per heavy atom. The minimum absolute atomic E-state index is 0.0387. The first-order valence-corrected chi connectivity index (χ1v) is 38.9. The van der Waals surface area contributed by atoms with Gasteiger partial charge in [0.15, 0.2) is 0 Å². The number of amides is 15. The van der Waals surface area contributed by atoms with Crippen LogP contribution in [-0.4, -0.2) is 248 Å². The number of aliphatic hydroxyl groups excluding tert-OH is 4. The minimum Gasteiger partial charge on any atom is -0.394 e. The van der Waals surface area contributed by atoms with Gasteiger partial charge in [-0.25, -0.2) is 4.98 Å². The highest BCUT2D eigenvalue weighted by molar-refractivity contribution is 6.01. The van der Waals surface area contributed by atoms with Crippen LogP contribution in [0.2, 0.25) is 0 Å². The van der Waals surface area contributed by atoms with E-state index in [0.29, 0.717) is 18.5 Å². The summed E-state index contributed by atoms with van der Waals surface area (Å²) in [6, 6.07) is -11.9. The maximum atomic E-state index is 14.9. The first kappa shape index (κ1) is 97.5. The van der Waals surface area contributed by atoms with Gasteiger partial charge >= 0.3 is 0 Å². The quantitative estimate of drug-likeness (QED) is 0.0302. The van der Waals surface area contributed by atoms with Crippen LogP contribution in [0.1, 0.15) is 166 Å². The number of nitrogens with one attached hydrogen (secondary N) is 14. The molecule has 0 radical (unpaired) electrons. The second-order valence-electron chi connectivity index (χ2n) is 31.2. The monoisotopic (exact) mass is 1590 g/mol. The molecular weight excluding hydrogens is 1470 g/mol. The van der Waals surface area contributed by atoms with Crippen molar-refractivity contribution in [3.05, 3.63) is 54.1 Å². The van der Waals surface area contributed by atoms with Crippen LogP contribution in [0.4, 0.5) is 0 Å². The van der Waals surface area contributed by atoms with Crippen molar-refractivity contribution in [1.29, 1.82) is 0 Å². The summed E-state index contributed by atoms with van der Waals surface area (Å²) >= 11 is 0. The summed E-state index contributed by atoms with van der Waals surface area (Å²) < 4.78 is 0. The molecule has 22 N–H and O–H groups in total. The lowest BCUT2D eigenvalue weighted by Crippen LogP contribution is -2.62. The number of aromatic amines is 1. The minimum atomic E-state index is -1.74. The number of nitrogens with zero attached hydrogens (tertiary/aromatic N) is 2. The van der Waals surface area contributed by atoms with Crippen molar-refractivity contribution in [2.24, 2.45) is 52.9 Å². The number of aromatic nitrogens is 2. The Morgan fingerprint density at radius 1 is 0.442 bits per heavy atom. The first-order chi connectivity index (χ1) is 53.1. The number of carbonyl (C=O) groups is 15. The number of H-pyrrole nitrogens is 1. The second-order valence-corrected chi connectivity index (χ2v) is 31.2. The van der Waals surface area contributed by atoms with Crippen molar-refractivity contribution < 1.29 is 92.3 Å². The van der Waals surface area contributed by atoms with Gasteiger partial charge in [-0.05, 0) is 98.9 Å². The van der Waals surface area contributed by atoms with E-state index in [1.807, 2.05) is 32.0 Å². The van der Waals surface area contributed by atoms with Gasteiger partial charge in [0.1, 0.15) is 84.6 Å². The lowest BCUT2D eigenvalue weighted by atomic mass is 9.95. The van der Waals surface area contributed by atoms with Crippen LogP contribution >= 0.6 is 0 Å². The van der Waals surface area contributed by atoms with Crippen LogP contribution in [0.5, 0.6) is 0 Å². The maximum absolute atomic E-state index is 14.9. The third-order valence-corrected chi connectivity index (χ3v) is 19.3. The van der Waals surface area contributed by atoms with Gasteiger partial charge in [-0.2, -0.15) is 0 Å². The fraction of sp³-hybridized carbons (Fsp3) is 0.684. The summed E-state index contributed by atoms with van der Waals surface area (Å²) in [7, 11) is 0. The van der Waals surface area contributed by atoms with Crippen LogP contribution in [0, 0.1) is 41.4 Å². The van der Waals surface area contributed by atoms with Gasteiger partial charge in [-0.15, -0.1) is 0 Å². The number of aliphatic hydroxyl groups is 4. The summed E-state index contributed by atoms with van der Waals surface area (Å²) in [5.74, 6) is -15.8. The maximum Gasteiger partial charge on any atom is 0.246 e. The molecule has 1 aliphatic rings. The van der Waals surface area contributed by atoms with Gasteiger partial charge in [0.25, 0.3) is 0 Å². The molecule has 0 bridgehead atoms. The fourth-order valence-electron chi connectivity index (χ4n) is 12.4. The van der Waals surface area contributed by atoms with Crippen molar-refractivity contribution in [1.82, 2.24) is 84.0 Å². The van der Waals surface area contributed by atoms with Gasteiger partial charge in [0.05, 0.1) is 38.8 Å². The number of imidazole rings is 1. The van der Waals surface area contributed by atoms with Crippen molar-refractivity contribution in [2.45, 2.75) is 259 Å². The standard InChI is InChI=1S/C76H126N18O19/c1-16-43(13)60(75(112)90-54(33-95)69(106)81-45(15)63(100)83-50(27-39(5)6)65(102)88-57(36-98)72(109)89-55(34-96)70(107)82-49(62(78)99)26-38(3)4)92-74(111)59(42(11)12)91-68(105)53(31-47-32-79-37-80-47)86-73(110)58-24-21-25-94(58)76(113)61(44(14)17-2)93-67(104)52(29-41(9)10)85-71(108)56(35-97)87-66(103)51(28-40(7)8)84-64(101)48(77)30-46-22-19-18-20-23-46/h18-20,22-23,32,37-45,48-61,95-98H,16-17,21,24-31,33-36,77H2,1-15H3,(H2,78,99)(H,79,80)(H,81,106)(H,82,107)(H,83,100)(H,84,101)(H,85,108)(H,86,110)(H,87,103)(H,88,102)(H,89,109)(H,90,112)(H,91,105)(H,92,111)(H,93,104)/t43-,44-,45-,48-,49-,50-,51-,52-,53-,54-,55-,56-,57-,58+,59-,60-,61-/m0/s1. The molecule has 37 nitrogen and oxygen atoms in total. The molecule has 2 aromatic rings. The number of hydrogen-bond donors (Lipinski definition) is 20. The van der Waals surface area contributed by atoms with Gasteiger partial charge in [0, 0.05) is 24.9 Å². The third-order valence-electron chi connectivity index (χ3n) is 19.3.